The summed E-state index contributed by atoms with van der Waals surface area (Å²) in [5, 5.41) is 0. The second kappa shape index (κ2) is 6.59. The molecule has 0 unspecified atom stereocenters. The van der Waals surface area contributed by atoms with E-state index in [1.54, 1.807) is 30.3 Å². The predicted octanol–water partition coefficient (Wildman–Crippen LogP) is 4.76. The Balaban J connectivity index is 2.35. The van der Waals surface area contributed by atoms with Crippen molar-refractivity contribution in [2.45, 2.75) is 31.9 Å². The molecular weight excluding hydrogens is 357 g/mol. The largest absolute Gasteiger partial charge is 0.534 e. The molecule has 0 aromatic heterocycles. The molecule has 0 aliphatic rings. The minimum atomic E-state index is -5.74. The Morgan fingerprint density at radius 2 is 1.44 bits per heavy atom. The van der Waals surface area contributed by atoms with Crippen molar-refractivity contribution in [3.8, 4) is 22.6 Å². The first-order chi connectivity index (χ1) is 11.4. The molecule has 0 spiro atoms. The van der Waals surface area contributed by atoms with Crippen LogP contribution in [0.1, 0.15) is 20.8 Å². The molecule has 2 aromatic rings. The minimum Gasteiger partial charge on any atom is -0.488 e. The smallest absolute Gasteiger partial charge is 0.488 e. The molecule has 0 bridgehead atoms. The van der Waals surface area contributed by atoms with Gasteiger partial charge in [0, 0.05) is 5.56 Å². The van der Waals surface area contributed by atoms with Crippen LogP contribution in [0, 0.1) is 0 Å². The minimum absolute atomic E-state index is 0.220. The van der Waals surface area contributed by atoms with Gasteiger partial charge in [0.15, 0.2) is 5.75 Å². The van der Waals surface area contributed by atoms with E-state index in [-0.39, 0.29) is 5.56 Å². The SMILES string of the molecule is CC(C)(C)Oc1ccc(-c2ccccc2OS(=O)(=O)C(F)(F)F)cc1. The molecule has 25 heavy (non-hydrogen) atoms. The number of hydrogen-bond acceptors (Lipinski definition) is 4. The van der Waals surface area contributed by atoms with Crippen LogP contribution >= 0.6 is 0 Å². The maximum atomic E-state index is 12.5. The summed E-state index contributed by atoms with van der Waals surface area (Å²) in [4.78, 5) is 0. The van der Waals surface area contributed by atoms with Crippen LogP contribution in [0.25, 0.3) is 11.1 Å². The molecule has 0 heterocycles. The molecule has 136 valence electrons. The van der Waals surface area contributed by atoms with Crippen molar-refractivity contribution in [1.29, 1.82) is 0 Å². The third kappa shape index (κ3) is 4.88. The van der Waals surface area contributed by atoms with Crippen LogP contribution < -0.4 is 8.92 Å². The van der Waals surface area contributed by atoms with Crippen LogP contribution in [0.15, 0.2) is 48.5 Å². The van der Waals surface area contributed by atoms with Gasteiger partial charge >= 0.3 is 15.6 Å². The molecule has 2 aromatic carbocycles. The predicted molar refractivity (Wildman–Crippen MR) is 87.9 cm³/mol. The first-order valence-corrected chi connectivity index (χ1v) is 8.69. The molecule has 0 saturated carbocycles. The third-order valence-corrected chi connectivity index (χ3v) is 3.93. The molecule has 0 atom stereocenters. The Hall–Kier alpha value is -2.22. The summed E-state index contributed by atoms with van der Waals surface area (Å²) in [7, 11) is -5.74. The first-order valence-electron chi connectivity index (χ1n) is 7.28. The Bertz CT molecular complexity index is 835. The molecule has 0 amide bonds. The van der Waals surface area contributed by atoms with Crippen LogP contribution in [-0.4, -0.2) is 19.5 Å². The first kappa shape index (κ1) is 19.1. The molecule has 8 heteroatoms. The highest BCUT2D eigenvalue weighted by molar-refractivity contribution is 7.88. The van der Waals surface area contributed by atoms with E-state index in [0.29, 0.717) is 11.3 Å². The van der Waals surface area contributed by atoms with Crippen molar-refractivity contribution in [3.63, 3.8) is 0 Å². The highest BCUT2D eigenvalue weighted by atomic mass is 32.2. The number of para-hydroxylation sites is 1. The lowest BCUT2D eigenvalue weighted by atomic mass is 10.0. The normalized spacial score (nSPS) is 12.7. The number of benzene rings is 2. The van der Waals surface area contributed by atoms with Gasteiger partial charge in [-0.3, -0.25) is 0 Å². The molecule has 2 rings (SSSR count). The number of halogens is 3. The maximum Gasteiger partial charge on any atom is 0.534 e. The second-order valence-corrected chi connectivity index (χ2v) is 7.76. The zero-order chi connectivity index (χ0) is 18.9. The van der Waals surface area contributed by atoms with Crippen molar-refractivity contribution < 1.29 is 30.5 Å². The lowest BCUT2D eigenvalue weighted by Crippen LogP contribution is -2.28. The summed E-state index contributed by atoms with van der Waals surface area (Å²) >= 11 is 0. The average Bonchev–Trinajstić information content (AvgIpc) is 2.45. The van der Waals surface area contributed by atoms with E-state index in [9.17, 15) is 21.6 Å². The zero-order valence-corrected chi connectivity index (χ0v) is 14.6. The van der Waals surface area contributed by atoms with Gasteiger partial charge in [0.2, 0.25) is 0 Å². The topological polar surface area (TPSA) is 52.6 Å². The number of hydrogen-bond donors (Lipinski definition) is 0. The number of rotatable bonds is 4. The highest BCUT2D eigenvalue weighted by Gasteiger charge is 2.48. The zero-order valence-electron chi connectivity index (χ0n) is 13.8. The Kier molecular flexibility index (Phi) is 5.04. The van der Waals surface area contributed by atoms with Crippen LogP contribution in [-0.2, 0) is 10.1 Å². The summed E-state index contributed by atoms with van der Waals surface area (Å²) in [5.41, 5.74) is -5.18. The monoisotopic (exact) mass is 374 g/mol. The van der Waals surface area contributed by atoms with Crippen molar-refractivity contribution in [1.82, 2.24) is 0 Å². The molecule has 0 N–H and O–H groups in total. The van der Waals surface area contributed by atoms with Gasteiger partial charge in [-0.25, -0.2) is 0 Å². The van der Waals surface area contributed by atoms with Gasteiger partial charge in [0.05, 0.1) is 0 Å². The second-order valence-electron chi connectivity index (χ2n) is 6.22. The molecule has 0 aliphatic carbocycles. The highest BCUT2D eigenvalue weighted by Crippen LogP contribution is 2.35. The summed E-state index contributed by atoms with van der Waals surface area (Å²) < 4.78 is 70.1. The Labute approximate surface area is 144 Å². The molecule has 0 fully saturated rings. The number of alkyl halides is 3. The van der Waals surface area contributed by atoms with E-state index >= 15 is 0 Å². The average molecular weight is 374 g/mol. The van der Waals surface area contributed by atoms with Gasteiger partial charge in [0.1, 0.15) is 11.4 Å². The molecular formula is C17H17F3O4S. The van der Waals surface area contributed by atoms with E-state index < -0.39 is 27.0 Å². The lowest BCUT2D eigenvalue weighted by Gasteiger charge is -2.21. The summed E-state index contributed by atoms with van der Waals surface area (Å²) in [5.74, 6) is 0.182. The van der Waals surface area contributed by atoms with Crippen LogP contribution in [0.2, 0.25) is 0 Å². The van der Waals surface area contributed by atoms with Gasteiger partial charge in [0.25, 0.3) is 0 Å². The fourth-order valence-corrected chi connectivity index (χ4v) is 2.48. The maximum absolute atomic E-state index is 12.5. The van der Waals surface area contributed by atoms with Gasteiger partial charge in [-0.15, -0.1) is 0 Å². The van der Waals surface area contributed by atoms with Crippen molar-refractivity contribution in [3.05, 3.63) is 48.5 Å². The fraction of sp³-hybridized carbons (Fsp3) is 0.294. The van der Waals surface area contributed by atoms with E-state index in [0.717, 1.165) is 6.07 Å². The van der Waals surface area contributed by atoms with E-state index in [1.165, 1.54) is 12.1 Å². The standard InChI is InChI=1S/C17H17F3O4S/c1-16(2,3)23-13-10-8-12(9-11-13)14-6-4-5-7-15(14)24-25(21,22)17(18,19)20/h4-11H,1-3H3. The summed E-state index contributed by atoms with van der Waals surface area (Å²) in [6, 6.07) is 12.1. The van der Waals surface area contributed by atoms with E-state index in [4.69, 9.17) is 4.74 Å². The van der Waals surface area contributed by atoms with Gasteiger partial charge in [-0.1, -0.05) is 30.3 Å². The molecule has 0 saturated heterocycles. The molecule has 4 nitrogen and oxygen atoms in total. The van der Waals surface area contributed by atoms with Crippen molar-refractivity contribution in [2.24, 2.45) is 0 Å². The fourth-order valence-electron chi connectivity index (χ4n) is 2.00. The van der Waals surface area contributed by atoms with Crippen LogP contribution in [0.5, 0.6) is 11.5 Å². The summed E-state index contributed by atoms with van der Waals surface area (Å²) in [6.07, 6.45) is 0. The number of ether oxygens (including phenoxy) is 1. The van der Waals surface area contributed by atoms with E-state index in [2.05, 4.69) is 4.18 Å². The third-order valence-electron chi connectivity index (χ3n) is 2.96. The summed E-state index contributed by atoms with van der Waals surface area (Å²) in [6.45, 7) is 5.64. The quantitative estimate of drug-likeness (QED) is 0.572. The molecule has 0 radical (unpaired) electrons. The van der Waals surface area contributed by atoms with Crippen molar-refractivity contribution in [2.75, 3.05) is 0 Å². The van der Waals surface area contributed by atoms with Crippen molar-refractivity contribution >= 4 is 10.1 Å². The van der Waals surface area contributed by atoms with Crippen LogP contribution in [0.3, 0.4) is 0 Å². The van der Waals surface area contributed by atoms with Gasteiger partial charge < -0.3 is 8.92 Å². The lowest BCUT2D eigenvalue weighted by molar-refractivity contribution is -0.0499. The van der Waals surface area contributed by atoms with Gasteiger partial charge in [-0.05, 0) is 44.5 Å². The van der Waals surface area contributed by atoms with Gasteiger partial charge in [-0.2, -0.15) is 21.6 Å². The molecule has 0 aliphatic heterocycles. The van der Waals surface area contributed by atoms with E-state index in [1.807, 2.05) is 20.8 Å². The van der Waals surface area contributed by atoms with Crippen LogP contribution in [0.4, 0.5) is 13.2 Å². The Morgan fingerprint density at radius 3 is 1.96 bits per heavy atom. The Morgan fingerprint density at radius 1 is 0.880 bits per heavy atom.